The minimum atomic E-state index is -0.995. The standard InChI is InChI=1S/C27H24ClFN2O2/c28-23-14-19(29)13-12-18(23)16-31-25-11-4-3-9-21(25)22(26(31)27(32)33)15-30-24-10-5-7-17-6-1-2-8-20(17)24/h1-4,6,8-9,11-14,24,30H,5,7,10,15-16H2,(H,32,33). The van der Waals surface area contributed by atoms with Crippen molar-refractivity contribution in [1.29, 1.82) is 0 Å². The highest BCUT2D eigenvalue weighted by Gasteiger charge is 2.25. The number of rotatable bonds is 6. The van der Waals surface area contributed by atoms with Gasteiger partial charge in [0.1, 0.15) is 11.5 Å². The molecule has 5 rings (SSSR count). The molecule has 6 heteroatoms. The molecule has 33 heavy (non-hydrogen) atoms. The van der Waals surface area contributed by atoms with Gasteiger partial charge in [0.15, 0.2) is 0 Å². The van der Waals surface area contributed by atoms with Crippen LogP contribution in [-0.4, -0.2) is 15.6 Å². The second-order valence-electron chi connectivity index (χ2n) is 8.50. The maximum absolute atomic E-state index is 13.5. The average molecular weight is 463 g/mol. The fraction of sp³-hybridized carbons (Fsp3) is 0.222. The van der Waals surface area contributed by atoms with Crippen LogP contribution in [0.3, 0.4) is 0 Å². The van der Waals surface area contributed by atoms with Gasteiger partial charge in [-0.15, -0.1) is 0 Å². The Bertz CT molecular complexity index is 1350. The molecule has 168 valence electrons. The van der Waals surface area contributed by atoms with Crippen molar-refractivity contribution in [3.63, 3.8) is 0 Å². The summed E-state index contributed by atoms with van der Waals surface area (Å²) >= 11 is 6.27. The molecule has 1 aliphatic rings. The van der Waals surface area contributed by atoms with Gasteiger partial charge in [-0.2, -0.15) is 0 Å². The van der Waals surface area contributed by atoms with Gasteiger partial charge in [0.2, 0.25) is 0 Å². The van der Waals surface area contributed by atoms with Gasteiger partial charge in [-0.05, 0) is 54.2 Å². The quantitative estimate of drug-likeness (QED) is 0.351. The van der Waals surface area contributed by atoms with Crippen LogP contribution in [0.25, 0.3) is 10.9 Å². The zero-order valence-corrected chi connectivity index (χ0v) is 18.8. The maximum atomic E-state index is 13.5. The summed E-state index contributed by atoms with van der Waals surface area (Å²) in [5.41, 5.74) is 5.11. The van der Waals surface area contributed by atoms with Crippen LogP contribution in [-0.2, 0) is 19.5 Å². The molecule has 0 bridgehead atoms. The van der Waals surface area contributed by atoms with E-state index in [9.17, 15) is 14.3 Å². The molecule has 4 nitrogen and oxygen atoms in total. The monoisotopic (exact) mass is 462 g/mol. The molecule has 0 amide bonds. The number of aromatic carboxylic acids is 1. The lowest BCUT2D eigenvalue weighted by molar-refractivity contribution is 0.0684. The molecule has 3 aromatic carbocycles. The van der Waals surface area contributed by atoms with E-state index in [-0.39, 0.29) is 23.3 Å². The summed E-state index contributed by atoms with van der Waals surface area (Å²) in [5.74, 6) is -1.41. The van der Waals surface area contributed by atoms with Gasteiger partial charge in [0.05, 0.1) is 0 Å². The normalized spacial score (nSPS) is 15.5. The van der Waals surface area contributed by atoms with Crippen LogP contribution < -0.4 is 5.32 Å². The van der Waals surface area contributed by atoms with E-state index in [0.717, 1.165) is 35.7 Å². The fourth-order valence-corrected chi connectivity index (χ4v) is 5.20. The van der Waals surface area contributed by atoms with Crippen molar-refractivity contribution in [2.24, 2.45) is 0 Å². The Morgan fingerprint density at radius 3 is 2.73 bits per heavy atom. The number of nitrogens with one attached hydrogen (secondary N) is 1. The van der Waals surface area contributed by atoms with Gasteiger partial charge in [0, 0.05) is 40.6 Å². The molecule has 1 aromatic heterocycles. The molecule has 0 saturated heterocycles. The molecule has 0 radical (unpaired) electrons. The summed E-state index contributed by atoms with van der Waals surface area (Å²) in [6, 6.07) is 20.5. The summed E-state index contributed by atoms with van der Waals surface area (Å²) in [4.78, 5) is 12.4. The number of hydrogen-bond acceptors (Lipinski definition) is 2. The van der Waals surface area contributed by atoms with E-state index < -0.39 is 11.8 Å². The summed E-state index contributed by atoms with van der Waals surface area (Å²) < 4.78 is 15.3. The Balaban J connectivity index is 1.54. The van der Waals surface area contributed by atoms with Gasteiger partial charge in [-0.3, -0.25) is 0 Å². The summed E-state index contributed by atoms with van der Waals surface area (Å²) in [5, 5.41) is 15.0. The van der Waals surface area contributed by atoms with Gasteiger partial charge in [-0.1, -0.05) is 60.1 Å². The number of carbonyl (C=O) groups is 1. The number of para-hydroxylation sites is 1. The van der Waals surface area contributed by atoms with E-state index >= 15 is 0 Å². The lowest BCUT2D eigenvalue weighted by atomic mass is 9.87. The van der Waals surface area contributed by atoms with E-state index in [1.807, 2.05) is 24.3 Å². The number of halogens is 2. The third kappa shape index (κ3) is 4.14. The van der Waals surface area contributed by atoms with Crippen molar-refractivity contribution < 1.29 is 14.3 Å². The molecule has 1 unspecified atom stereocenters. The predicted molar refractivity (Wildman–Crippen MR) is 128 cm³/mol. The average Bonchev–Trinajstić information content (AvgIpc) is 3.13. The largest absolute Gasteiger partial charge is 0.477 e. The van der Waals surface area contributed by atoms with E-state index in [1.165, 1.54) is 23.3 Å². The molecule has 2 N–H and O–H groups in total. The predicted octanol–water partition coefficient (Wildman–Crippen LogP) is 6.35. The van der Waals surface area contributed by atoms with Gasteiger partial charge in [0.25, 0.3) is 0 Å². The number of hydrogen-bond donors (Lipinski definition) is 2. The minimum Gasteiger partial charge on any atom is -0.477 e. The highest BCUT2D eigenvalue weighted by Crippen LogP contribution is 2.32. The molecule has 1 aliphatic carbocycles. The maximum Gasteiger partial charge on any atom is 0.352 e. The number of benzene rings is 3. The SMILES string of the molecule is O=C(O)c1c(CNC2CCCc3ccccc32)c2ccccc2n1Cc1ccc(F)cc1Cl. The summed E-state index contributed by atoms with van der Waals surface area (Å²) in [6.07, 6.45) is 3.20. The summed E-state index contributed by atoms with van der Waals surface area (Å²) in [7, 11) is 0. The van der Waals surface area contributed by atoms with Gasteiger partial charge >= 0.3 is 5.97 Å². The summed E-state index contributed by atoms with van der Waals surface area (Å²) in [6.45, 7) is 0.679. The van der Waals surface area contributed by atoms with Crippen LogP contribution in [0, 0.1) is 5.82 Å². The Morgan fingerprint density at radius 2 is 1.91 bits per heavy atom. The van der Waals surface area contributed by atoms with E-state index in [0.29, 0.717) is 12.1 Å². The van der Waals surface area contributed by atoms with Crippen LogP contribution >= 0.6 is 11.6 Å². The van der Waals surface area contributed by atoms with Crippen LogP contribution in [0.5, 0.6) is 0 Å². The smallest absolute Gasteiger partial charge is 0.352 e. The zero-order chi connectivity index (χ0) is 22.9. The highest BCUT2D eigenvalue weighted by molar-refractivity contribution is 6.31. The van der Waals surface area contributed by atoms with Crippen molar-refractivity contribution in [2.45, 2.75) is 38.4 Å². The zero-order valence-electron chi connectivity index (χ0n) is 18.0. The van der Waals surface area contributed by atoms with Crippen molar-refractivity contribution >= 4 is 28.5 Å². The van der Waals surface area contributed by atoms with E-state index in [1.54, 1.807) is 10.6 Å². The van der Waals surface area contributed by atoms with Crippen LogP contribution in [0.4, 0.5) is 4.39 Å². The topological polar surface area (TPSA) is 54.3 Å². The fourth-order valence-electron chi connectivity index (χ4n) is 4.97. The number of nitrogens with zero attached hydrogens (tertiary/aromatic N) is 1. The van der Waals surface area contributed by atoms with E-state index in [4.69, 9.17) is 11.6 Å². The lowest BCUT2D eigenvalue weighted by Gasteiger charge is -2.26. The first-order valence-corrected chi connectivity index (χ1v) is 11.5. The number of carboxylic acid groups (broad SMARTS) is 1. The first-order valence-electron chi connectivity index (χ1n) is 11.1. The Hall–Kier alpha value is -3.15. The second-order valence-corrected chi connectivity index (χ2v) is 8.90. The minimum absolute atomic E-state index is 0.185. The van der Waals surface area contributed by atoms with Gasteiger partial charge in [-0.25, -0.2) is 9.18 Å². The van der Waals surface area contributed by atoms with Crippen LogP contribution in [0.1, 0.15) is 51.6 Å². The van der Waals surface area contributed by atoms with Crippen molar-refractivity contribution in [1.82, 2.24) is 9.88 Å². The van der Waals surface area contributed by atoms with Gasteiger partial charge < -0.3 is 15.0 Å². The number of fused-ring (bicyclic) bond motifs is 2. The highest BCUT2D eigenvalue weighted by atomic mass is 35.5. The van der Waals surface area contributed by atoms with Crippen molar-refractivity contribution in [2.75, 3.05) is 0 Å². The molecule has 1 heterocycles. The Morgan fingerprint density at radius 1 is 1.12 bits per heavy atom. The second kappa shape index (κ2) is 9.00. The molecule has 4 aromatic rings. The van der Waals surface area contributed by atoms with E-state index in [2.05, 4.69) is 29.6 Å². The molecule has 1 atom stereocenters. The molecule has 0 aliphatic heterocycles. The molecule has 0 fully saturated rings. The third-order valence-electron chi connectivity index (χ3n) is 6.52. The number of aryl methyl sites for hydroxylation is 1. The molecule has 0 spiro atoms. The van der Waals surface area contributed by atoms with Crippen molar-refractivity contribution in [3.05, 3.63) is 106 Å². The molecule has 0 saturated carbocycles. The third-order valence-corrected chi connectivity index (χ3v) is 6.87. The number of aromatic nitrogens is 1. The van der Waals surface area contributed by atoms with Crippen LogP contribution in [0.15, 0.2) is 66.7 Å². The molecular weight excluding hydrogens is 439 g/mol. The molecular formula is C27H24ClFN2O2. The van der Waals surface area contributed by atoms with Crippen LogP contribution in [0.2, 0.25) is 5.02 Å². The Kier molecular flexibility index (Phi) is 5.92. The Labute approximate surface area is 196 Å². The number of carboxylic acids is 1. The lowest BCUT2D eigenvalue weighted by Crippen LogP contribution is -2.25. The first kappa shape index (κ1) is 21.7. The van der Waals surface area contributed by atoms with Crippen molar-refractivity contribution in [3.8, 4) is 0 Å². The first-order chi connectivity index (χ1) is 16.0.